The molecule has 2 N–H and O–H groups in total. The van der Waals surface area contributed by atoms with Crippen molar-refractivity contribution in [1.29, 1.82) is 0 Å². The van der Waals surface area contributed by atoms with Crippen LogP contribution >= 0.6 is 0 Å². The number of morpholine rings is 1. The molecule has 1 aliphatic heterocycles. The van der Waals surface area contributed by atoms with E-state index < -0.39 is 12.1 Å². The Morgan fingerprint density at radius 1 is 1.31 bits per heavy atom. The maximum absolute atomic E-state index is 10.9. The van der Waals surface area contributed by atoms with Gasteiger partial charge in [-0.15, -0.1) is 0 Å². The Bertz CT molecular complexity index is 597. The van der Waals surface area contributed by atoms with Gasteiger partial charge in [-0.25, -0.2) is 4.79 Å². The van der Waals surface area contributed by atoms with Crippen LogP contribution in [0.5, 0.6) is 5.75 Å². The van der Waals surface area contributed by atoms with E-state index in [0.29, 0.717) is 12.3 Å². The van der Waals surface area contributed by atoms with Crippen molar-refractivity contribution in [1.82, 2.24) is 4.90 Å². The van der Waals surface area contributed by atoms with Crippen molar-refractivity contribution < 1.29 is 24.5 Å². The quantitative estimate of drug-likeness (QED) is 0.809. The number of rotatable bonds is 6. The first-order chi connectivity index (χ1) is 12.5. The van der Waals surface area contributed by atoms with Gasteiger partial charge in [0.1, 0.15) is 18.5 Å². The number of aliphatic hydroxyl groups is 1. The van der Waals surface area contributed by atoms with Gasteiger partial charge in [-0.3, -0.25) is 4.90 Å². The number of benzene rings is 1. The highest BCUT2D eigenvalue weighted by Crippen LogP contribution is 2.36. The average molecular weight is 363 g/mol. The van der Waals surface area contributed by atoms with E-state index in [1.165, 1.54) is 31.4 Å². The van der Waals surface area contributed by atoms with Crippen LogP contribution in [0.1, 0.15) is 49.4 Å². The van der Waals surface area contributed by atoms with Crippen LogP contribution in [-0.4, -0.2) is 65.1 Å². The molecule has 2 unspecified atom stereocenters. The topological polar surface area (TPSA) is 79.2 Å². The van der Waals surface area contributed by atoms with Gasteiger partial charge in [0.05, 0.1) is 17.3 Å². The Kier molecular flexibility index (Phi) is 6.16. The summed E-state index contributed by atoms with van der Waals surface area (Å²) in [5, 5.41) is 19.3. The van der Waals surface area contributed by atoms with Crippen LogP contribution in [0.15, 0.2) is 24.3 Å². The van der Waals surface area contributed by atoms with E-state index in [1.54, 1.807) is 12.1 Å². The molecule has 1 heterocycles. The van der Waals surface area contributed by atoms with E-state index in [0.717, 1.165) is 25.9 Å². The fourth-order valence-electron chi connectivity index (χ4n) is 4.19. The number of aliphatic hydroxyl groups excluding tert-OH is 1. The fraction of sp³-hybridized carbons (Fsp3) is 0.650. The second-order valence-electron chi connectivity index (χ2n) is 7.66. The van der Waals surface area contributed by atoms with Gasteiger partial charge in [-0.2, -0.15) is 0 Å². The Labute approximate surface area is 154 Å². The third kappa shape index (κ3) is 4.96. The van der Waals surface area contributed by atoms with Crippen LogP contribution in [-0.2, 0) is 4.74 Å². The highest BCUT2D eigenvalue weighted by atomic mass is 16.5. The van der Waals surface area contributed by atoms with Crippen molar-refractivity contribution in [3.05, 3.63) is 29.8 Å². The van der Waals surface area contributed by atoms with Gasteiger partial charge in [0.15, 0.2) is 0 Å². The molecular formula is C20H29NO5. The molecule has 0 radical (unpaired) electrons. The van der Waals surface area contributed by atoms with Gasteiger partial charge < -0.3 is 19.7 Å². The van der Waals surface area contributed by atoms with Crippen LogP contribution in [0.3, 0.4) is 0 Å². The number of hydrogen-bond acceptors (Lipinski definition) is 5. The van der Waals surface area contributed by atoms with E-state index in [1.807, 2.05) is 0 Å². The standard InChI is InChI=1S/C20H29NO5/c1-15-11-21(14-20(26-15)9-3-2-4-10-20)12-17(22)13-25-18-7-5-16(6-8-18)19(23)24/h5-8,15,17,22H,2-4,9-14H2,1H3,(H,23,24). The molecule has 6 nitrogen and oxygen atoms in total. The molecule has 1 aliphatic carbocycles. The first-order valence-corrected chi connectivity index (χ1v) is 9.50. The van der Waals surface area contributed by atoms with Gasteiger partial charge in [0.25, 0.3) is 0 Å². The molecule has 0 bridgehead atoms. The van der Waals surface area contributed by atoms with Crippen molar-refractivity contribution in [3.63, 3.8) is 0 Å². The second-order valence-corrected chi connectivity index (χ2v) is 7.66. The lowest BCUT2D eigenvalue weighted by molar-refractivity contribution is -0.167. The molecule has 1 saturated carbocycles. The van der Waals surface area contributed by atoms with Crippen LogP contribution in [0.4, 0.5) is 0 Å². The van der Waals surface area contributed by atoms with E-state index in [2.05, 4.69) is 11.8 Å². The zero-order valence-corrected chi connectivity index (χ0v) is 15.4. The maximum Gasteiger partial charge on any atom is 0.335 e. The van der Waals surface area contributed by atoms with E-state index in [4.69, 9.17) is 14.6 Å². The number of carboxylic acids is 1. The lowest BCUT2D eigenvalue weighted by Gasteiger charge is -2.48. The third-order valence-corrected chi connectivity index (χ3v) is 5.26. The average Bonchev–Trinajstić information content (AvgIpc) is 2.60. The Hall–Kier alpha value is -1.63. The van der Waals surface area contributed by atoms with E-state index in [-0.39, 0.29) is 23.9 Å². The summed E-state index contributed by atoms with van der Waals surface area (Å²) in [4.78, 5) is 13.2. The first kappa shape index (κ1) is 19.1. The molecule has 2 aliphatic rings. The van der Waals surface area contributed by atoms with Crippen LogP contribution in [0, 0.1) is 0 Å². The summed E-state index contributed by atoms with van der Waals surface area (Å²) >= 11 is 0. The molecule has 1 aromatic carbocycles. The molecule has 3 rings (SSSR count). The highest BCUT2D eigenvalue weighted by molar-refractivity contribution is 5.87. The summed E-state index contributed by atoms with van der Waals surface area (Å²) in [5.74, 6) is -0.400. The second kappa shape index (κ2) is 8.37. The van der Waals surface area contributed by atoms with Gasteiger partial charge in [0, 0.05) is 19.6 Å². The number of carboxylic acid groups (broad SMARTS) is 1. The summed E-state index contributed by atoms with van der Waals surface area (Å²) in [7, 11) is 0. The van der Waals surface area contributed by atoms with Gasteiger partial charge in [0.2, 0.25) is 0 Å². The summed E-state index contributed by atoms with van der Waals surface area (Å²) in [5.41, 5.74) is 0.182. The van der Waals surface area contributed by atoms with Crippen molar-refractivity contribution in [2.45, 2.75) is 56.8 Å². The summed E-state index contributed by atoms with van der Waals surface area (Å²) in [6.45, 7) is 4.55. The molecule has 6 heteroatoms. The van der Waals surface area contributed by atoms with Crippen molar-refractivity contribution in [2.75, 3.05) is 26.2 Å². The molecule has 0 amide bonds. The van der Waals surface area contributed by atoms with E-state index >= 15 is 0 Å². The lowest BCUT2D eigenvalue weighted by Crippen LogP contribution is -2.57. The molecule has 144 valence electrons. The van der Waals surface area contributed by atoms with E-state index in [9.17, 15) is 9.90 Å². The molecule has 1 aromatic rings. The van der Waals surface area contributed by atoms with Gasteiger partial charge in [-0.1, -0.05) is 19.3 Å². The first-order valence-electron chi connectivity index (χ1n) is 9.50. The largest absolute Gasteiger partial charge is 0.491 e. The van der Waals surface area contributed by atoms with Crippen molar-refractivity contribution in [3.8, 4) is 5.75 Å². The number of ether oxygens (including phenoxy) is 2. The summed E-state index contributed by atoms with van der Waals surface area (Å²) < 4.78 is 11.9. The Morgan fingerprint density at radius 3 is 2.65 bits per heavy atom. The minimum absolute atomic E-state index is 0.0385. The predicted molar refractivity (Wildman–Crippen MR) is 97.7 cm³/mol. The fourth-order valence-corrected chi connectivity index (χ4v) is 4.19. The molecule has 26 heavy (non-hydrogen) atoms. The Morgan fingerprint density at radius 2 is 2.00 bits per heavy atom. The molecule has 2 fully saturated rings. The van der Waals surface area contributed by atoms with Gasteiger partial charge in [-0.05, 0) is 44.0 Å². The van der Waals surface area contributed by atoms with Crippen LogP contribution < -0.4 is 4.74 Å². The van der Waals surface area contributed by atoms with Crippen LogP contribution in [0.2, 0.25) is 0 Å². The highest BCUT2D eigenvalue weighted by Gasteiger charge is 2.40. The molecule has 0 aromatic heterocycles. The number of hydrogen-bond donors (Lipinski definition) is 2. The SMILES string of the molecule is CC1CN(CC(O)COc2ccc(C(=O)O)cc2)CC2(CCCCC2)O1. The third-order valence-electron chi connectivity index (χ3n) is 5.26. The van der Waals surface area contributed by atoms with Crippen LogP contribution in [0.25, 0.3) is 0 Å². The van der Waals surface area contributed by atoms with Gasteiger partial charge >= 0.3 is 5.97 Å². The zero-order valence-electron chi connectivity index (χ0n) is 15.4. The molecule has 2 atom stereocenters. The minimum Gasteiger partial charge on any atom is -0.491 e. The number of carbonyl (C=O) groups is 1. The Balaban J connectivity index is 1.49. The predicted octanol–water partition coefficient (Wildman–Crippen LogP) is 2.55. The monoisotopic (exact) mass is 363 g/mol. The molecule has 1 spiro atoms. The number of aromatic carboxylic acids is 1. The van der Waals surface area contributed by atoms with Crippen molar-refractivity contribution in [2.24, 2.45) is 0 Å². The molecule has 1 saturated heterocycles. The normalized spacial score (nSPS) is 24.3. The minimum atomic E-state index is -0.963. The van der Waals surface area contributed by atoms with Crippen molar-refractivity contribution >= 4 is 5.97 Å². The number of nitrogens with zero attached hydrogens (tertiary/aromatic N) is 1. The smallest absolute Gasteiger partial charge is 0.335 e. The molecular weight excluding hydrogens is 334 g/mol. The summed E-state index contributed by atoms with van der Waals surface area (Å²) in [6.07, 6.45) is 5.53. The zero-order chi connectivity index (χ0) is 18.6. The summed E-state index contributed by atoms with van der Waals surface area (Å²) in [6, 6.07) is 6.23. The number of β-amino-alcohol motifs (C(OH)–C–C–N with tert-alkyl or cyclic N) is 1. The lowest BCUT2D eigenvalue weighted by atomic mass is 9.83. The maximum atomic E-state index is 10.9.